The first kappa shape index (κ1) is 33.1. The summed E-state index contributed by atoms with van der Waals surface area (Å²) < 4.78 is 47.0. The second-order valence-electron chi connectivity index (χ2n) is 12.7. The predicted molar refractivity (Wildman–Crippen MR) is 169 cm³/mol. The summed E-state index contributed by atoms with van der Waals surface area (Å²) in [7, 11) is 0. The topological polar surface area (TPSA) is 124 Å². The van der Waals surface area contributed by atoms with E-state index in [9.17, 15) is 27.6 Å². The van der Waals surface area contributed by atoms with Crippen LogP contribution in [0.5, 0.6) is 0 Å². The number of fused-ring (bicyclic) bond motifs is 1. The second kappa shape index (κ2) is 13.8. The Kier molecular flexibility index (Phi) is 9.70. The van der Waals surface area contributed by atoms with E-state index in [2.05, 4.69) is 15.2 Å². The quantitative estimate of drug-likeness (QED) is 0.413. The van der Waals surface area contributed by atoms with Crippen molar-refractivity contribution in [1.29, 1.82) is 0 Å². The van der Waals surface area contributed by atoms with Gasteiger partial charge in [-0.15, -0.1) is 0 Å². The molecule has 254 valence electrons. The second-order valence-corrected chi connectivity index (χ2v) is 13.1. The van der Waals surface area contributed by atoms with Gasteiger partial charge in [0, 0.05) is 56.4 Å². The Balaban J connectivity index is 1.13. The Hall–Kier alpha value is -3.78. The van der Waals surface area contributed by atoms with Crippen LogP contribution in [0.2, 0.25) is 5.02 Å². The van der Waals surface area contributed by atoms with E-state index >= 15 is 0 Å². The molecule has 47 heavy (non-hydrogen) atoms. The minimum absolute atomic E-state index is 0.0826. The number of piperidine rings is 2. The number of benzene rings is 1. The van der Waals surface area contributed by atoms with Gasteiger partial charge in [-0.25, -0.2) is 14.6 Å². The SMILES string of the molecule is Nc1c(Cl)cc(CC(OC(=O)N2CCC(N3Cc4cccnc4NC3=O)CC2)C(=O)N2CCC(N3CCCC3)CC2)cc1C(F)(F)F. The fraction of sp³-hybridized carbons (Fsp3) is 0.562. The number of nitrogens with one attached hydrogen (secondary N) is 1. The number of nitrogens with two attached hydrogens (primary N) is 1. The van der Waals surface area contributed by atoms with E-state index in [0.29, 0.717) is 44.3 Å². The van der Waals surface area contributed by atoms with Crippen molar-refractivity contribution in [3.63, 3.8) is 0 Å². The van der Waals surface area contributed by atoms with Crippen LogP contribution in [0.3, 0.4) is 0 Å². The van der Waals surface area contributed by atoms with E-state index in [1.807, 2.05) is 12.1 Å². The van der Waals surface area contributed by atoms with Crippen LogP contribution in [0.25, 0.3) is 0 Å². The van der Waals surface area contributed by atoms with Gasteiger partial charge in [0.05, 0.1) is 22.8 Å². The molecule has 0 bridgehead atoms. The third-order valence-corrected chi connectivity index (χ3v) is 10.1. The lowest BCUT2D eigenvalue weighted by molar-refractivity contribution is -0.142. The van der Waals surface area contributed by atoms with E-state index in [-0.39, 0.29) is 42.2 Å². The molecule has 6 rings (SSSR count). The van der Waals surface area contributed by atoms with Crippen LogP contribution in [-0.4, -0.2) is 100 Å². The smallest absolute Gasteiger partial charge is 0.418 e. The standard InChI is InChI=1S/C32H39ClF3N7O4/c33-25-17-20(16-24(27(25)37)32(34,35)36)18-26(29(44)41-12-5-22(6-13-41)40-10-1-2-11-40)47-31(46)42-14-7-23(8-15-42)43-19-21-4-3-9-38-28(21)39-30(43)45/h3-4,9,16-17,22-23,26H,1-2,5-8,10-15,18-19,37H2,(H,38,39,45). The average Bonchev–Trinajstić information content (AvgIpc) is 3.60. The van der Waals surface area contributed by atoms with Crippen molar-refractivity contribution in [2.24, 2.45) is 0 Å². The zero-order chi connectivity index (χ0) is 33.3. The minimum atomic E-state index is -4.76. The summed E-state index contributed by atoms with van der Waals surface area (Å²) >= 11 is 6.08. The highest BCUT2D eigenvalue weighted by Gasteiger charge is 2.38. The Bertz CT molecular complexity index is 1490. The predicted octanol–water partition coefficient (Wildman–Crippen LogP) is 4.98. The van der Waals surface area contributed by atoms with Crippen molar-refractivity contribution in [1.82, 2.24) is 24.6 Å². The van der Waals surface area contributed by atoms with Gasteiger partial charge in [-0.1, -0.05) is 17.7 Å². The van der Waals surface area contributed by atoms with Crippen molar-refractivity contribution in [3.8, 4) is 0 Å². The van der Waals surface area contributed by atoms with Crippen molar-refractivity contribution < 1.29 is 32.3 Å². The molecule has 1 aromatic heterocycles. The van der Waals surface area contributed by atoms with Gasteiger partial charge < -0.3 is 30.1 Å². The highest BCUT2D eigenvalue weighted by molar-refractivity contribution is 6.33. The number of urea groups is 1. The van der Waals surface area contributed by atoms with Crippen molar-refractivity contribution in [2.75, 3.05) is 50.3 Å². The van der Waals surface area contributed by atoms with Gasteiger partial charge in [0.2, 0.25) is 0 Å². The molecule has 1 atom stereocenters. The van der Waals surface area contributed by atoms with Gasteiger partial charge >= 0.3 is 18.3 Å². The van der Waals surface area contributed by atoms with Crippen LogP contribution in [0.1, 0.15) is 55.2 Å². The molecule has 3 N–H and O–H groups in total. The number of carbonyl (C=O) groups excluding carboxylic acids is 3. The number of nitrogen functional groups attached to an aromatic ring is 1. The van der Waals surface area contributed by atoms with Crippen LogP contribution < -0.4 is 11.1 Å². The monoisotopic (exact) mass is 677 g/mol. The molecular formula is C32H39ClF3N7O4. The van der Waals surface area contributed by atoms with Crippen molar-refractivity contribution in [3.05, 3.63) is 52.2 Å². The van der Waals surface area contributed by atoms with Gasteiger partial charge in [-0.2, -0.15) is 13.2 Å². The Morgan fingerprint density at radius 3 is 2.36 bits per heavy atom. The summed E-state index contributed by atoms with van der Waals surface area (Å²) in [6.45, 7) is 3.98. The molecule has 0 saturated carbocycles. The lowest BCUT2D eigenvalue weighted by atomic mass is 10.00. The number of carbonyl (C=O) groups is 3. The molecule has 3 fully saturated rings. The number of rotatable bonds is 6. The van der Waals surface area contributed by atoms with Gasteiger partial charge in [-0.3, -0.25) is 10.1 Å². The number of alkyl halides is 3. The molecule has 4 amide bonds. The Morgan fingerprint density at radius 1 is 1.02 bits per heavy atom. The number of hydrogen-bond donors (Lipinski definition) is 2. The van der Waals surface area contributed by atoms with E-state index < -0.39 is 35.5 Å². The zero-order valence-corrected chi connectivity index (χ0v) is 26.7. The van der Waals surface area contributed by atoms with Gasteiger partial charge in [0.25, 0.3) is 5.91 Å². The van der Waals surface area contributed by atoms with Crippen molar-refractivity contribution in [2.45, 2.75) is 75.9 Å². The lowest BCUT2D eigenvalue weighted by Crippen LogP contribution is -2.53. The van der Waals surface area contributed by atoms with Gasteiger partial charge in [-0.05, 0) is 75.4 Å². The first-order valence-electron chi connectivity index (χ1n) is 16.1. The summed E-state index contributed by atoms with van der Waals surface area (Å²) in [6.07, 6.45) is -0.678. The third-order valence-electron chi connectivity index (χ3n) is 9.75. The largest absolute Gasteiger partial charge is 0.436 e. The minimum Gasteiger partial charge on any atom is -0.436 e. The van der Waals surface area contributed by atoms with Crippen LogP contribution in [0.4, 0.5) is 34.3 Å². The average molecular weight is 678 g/mol. The summed E-state index contributed by atoms with van der Waals surface area (Å²) in [5.41, 5.74) is 4.91. The Morgan fingerprint density at radius 2 is 1.68 bits per heavy atom. The number of halogens is 4. The molecule has 3 saturated heterocycles. The number of aromatic nitrogens is 1. The zero-order valence-electron chi connectivity index (χ0n) is 26.0. The van der Waals surface area contributed by atoms with E-state index in [4.69, 9.17) is 22.1 Å². The molecular weight excluding hydrogens is 639 g/mol. The molecule has 0 aliphatic carbocycles. The molecule has 15 heteroatoms. The van der Waals surface area contributed by atoms with E-state index in [1.165, 1.54) is 11.0 Å². The molecule has 1 aromatic carbocycles. The molecule has 0 radical (unpaired) electrons. The fourth-order valence-corrected chi connectivity index (χ4v) is 7.38. The highest BCUT2D eigenvalue weighted by atomic mass is 35.5. The first-order valence-corrected chi connectivity index (χ1v) is 16.5. The fourth-order valence-electron chi connectivity index (χ4n) is 7.14. The molecule has 11 nitrogen and oxygen atoms in total. The van der Waals surface area contributed by atoms with Crippen LogP contribution in [0, 0.1) is 0 Å². The third kappa shape index (κ3) is 7.38. The Labute approximate surface area is 276 Å². The first-order chi connectivity index (χ1) is 22.5. The number of ether oxygens (including phenoxy) is 1. The molecule has 5 heterocycles. The molecule has 1 unspecified atom stereocenters. The maximum atomic E-state index is 13.9. The maximum absolute atomic E-state index is 13.9. The molecule has 2 aromatic rings. The number of anilines is 2. The van der Waals surface area contributed by atoms with Crippen LogP contribution in [-0.2, 0) is 28.7 Å². The molecule has 0 spiro atoms. The number of hydrogen-bond acceptors (Lipinski definition) is 7. The van der Waals surface area contributed by atoms with Gasteiger partial charge in [0.15, 0.2) is 6.10 Å². The van der Waals surface area contributed by atoms with E-state index in [0.717, 1.165) is 50.4 Å². The van der Waals surface area contributed by atoms with Crippen LogP contribution >= 0.6 is 11.6 Å². The summed E-state index contributed by atoms with van der Waals surface area (Å²) in [5.74, 6) is 0.0855. The number of likely N-dealkylation sites (tertiary alicyclic amines) is 3. The lowest BCUT2D eigenvalue weighted by Gasteiger charge is -2.40. The summed E-state index contributed by atoms with van der Waals surface area (Å²) in [6, 6.07) is 5.85. The number of nitrogens with zero attached hydrogens (tertiary/aromatic N) is 5. The normalized spacial score (nSPS) is 20.6. The number of pyridine rings is 1. The molecule has 4 aliphatic heterocycles. The maximum Gasteiger partial charge on any atom is 0.418 e. The van der Waals surface area contributed by atoms with Gasteiger partial charge in [0.1, 0.15) is 5.82 Å². The van der Waals surface area contributed by atoms with Crippen molar-refractivity contribution >= 4 is 41.1 Å². The van der Waals surface area contributed by atoms with E-state index in [1.54, 1.807) is 16.0 Å². The molecule has 4 aliphatic rings. The number of amides is 4. The highest BCUT2D eigenvalue weighted by Crippen LogP contribution is 2.38. The summed E-state index contributed by atoms with van der Waals surface area (Å²) in [4.78, 5) is 51.6. The summed E-state index contributed by atoms with van der Waals surface area (Å²) in [5, 5.41) is 2.52. The van der Waals surface area contributed by atoms with Crippen LogP contribution in [0.15, 0.2) is 30.5 Å².